The first kappa shape index (κ1) is 15.2. The lowest BCUT2D eigenvalue weighted by Crippen LogP contribution is -2.36. The van der Waals surface area contributed by atoms with Crippen molar-refractivity contribution in [3.05, 3.63) is 34.6 Å². The summed E-state index contributed by atoms with van der Waals surface area (Å²) < 4.78 is 11.4. The molecule has 1 aromatic heterocycles. The molecular formula is C16H17BrN2O3. The molecule has 0 unspecified atom stereocenters. The molecule has 0 atom stereocenters. The van der Waals surface area contributed by atoms with Crippen molar-refractivity contribution in [1.29, 1.82) is 0 Å². The quantitative estimate of drug-likeness (QED) is 0.783. The van der Waals surface area contributed by atoms with Crippen molar-refractivity contribution in [1.82, 2.24) is 4.98 Å². The number of esters is 1. The summed E-state index contributed by atoms with van der Waals surface area (Å²) in [6, 6.07) is 5.84. The first-order valence-corrected chi connectivity index (χ1v) is 8.08. The van der Waals surface area contributed by atoms with Crippen LogP contribution in [0.2, 0.25) is 0 Å². The number of anilines is 1. The van der Waals surface area contributed by atoms with Crippen molar-refractivity contribution in [3.8, 4) is 0 Å². The molecule has 22 heavy (non-hydrogen) atoms. The van der Waals surface area contributed by atoms with Crippen LogP contribution in [-0.2, 0) is 9.47 Å². The zero-order valence-electron chi connectivity index (χ0n) is 12.3. The summed E-state index contributed by atoms with van der Waals surface area (Å²) in [5, 5.41) is 1.94. The predicted octanol–water partition coefficient (Wildman–Crippen LogP) is 3.01. The van der Waals surface area contributed by atoms with E-state index in [1.807, 2.05) is 6.07 Å². The lowest BCUT2D eigenvalue weighted by atomic mass is 10.1. The molecule has 2 aromatic rings. The van der Waals surface area contributed by atoms with E-state index >= 15 is 0 Å². The summed E-state index contributed by atoms with van der Waals surface area (Å²) in [6.07, 6.45) is 1.72. The topological polar surface area (TPSA) is 51.7 Å². The number of rotatable bonds is 3. The molecule has 1 aromatic carbocycles. The molecule has 1 fully saturated rings. The Kier molecular flexibility index (Phi) is 4.59. The zero-order chi connectivity index (χ0) is 15.5. The minimum absolute atomic E-state index is 0.334. The van der Waals surface area contributed by atoms with Crippen LogP contribution in [0.3, 0.4) is 0 Å². The third kappa shape index (κ3) is 2.94. The molecule has 0 amide bonds. The molecule has 0 radical (unpaired) electrons. The summed E-state index contributed by atoms with van der Waals surface area (Å²) >= 11 is 3.67. The third-order valence-electron chi connectivity index (χ3n) is 3.65. The highest BCUT2D eigenvalue weighted by atomic mass is 79.9. The highest BCUT2D eigenvalue weighted by Crippen LogP contribution is 2.34. The molecule has 6 heteroatoms. The van der Waals surface area contributed by atoms with Crippen molar-refractivity contribution in [2.24, 2.45) is 0 Å². The largest absolute Gasteiger partial charge is 0.461 e. The molecular weight excluding hydrogens is 348 g/mol. The average Bonchev–Trinajstić information content (AvgIpc) is 2.56. The molecule has 1 aliphatic heterocycles. The predicted molar refractivity (Wildman–Crippen MR) is 88.4 cm³/mol. The molecule has 116 valence electrons. The van der Waals surface area contributed by atoms with Gasteiger partial charge in [-0.15, -0.1) is 0 Å². The Labute approximate surface area is 137 Å². The number of aromatic nitrogens is 1. The normalized spacial score (nSPS) is 15.1. The smallest absolute Gasteiger partial charge is 0.356 e. The van der Waals surface area contributed by atoms with Crippen LogP contribution in [-0.4, -0.2) is 43.9 Å². The lowest BCUT2D eigenvalue weighted by molar-refractivity contribution is 0.0519. The van der Waals surface area contributed by atoms with Gasteiger partial charge in [-0.3, -0.25) is 0 Å². The van der Waals surface area contributed by atoms with Gasteiger partial charge in [0.15, 0.2) is 0 Å². The van der Waals surface area contributed by atoms with Gasteiger partial charge in [-0.25, -0.2) is 9.78 Å². The van der Waals surface area contributed by atoms with E-state index in [1.54, 1.807) is 19.2 Å². The standard InChI is InChI=1S/C16H17BrN2O3/c1-2-22-16(20)13-9-11-3-4-14(15(17)12(11)10-18-13)19-5-7-21-8-6-19/h3-4,9-10H,2,5-8H2,1H3. The minimum Gasteiger partial charge on any atom is -0.461 e. The molecule has 0 spiro atoms. The van der Waals surface area contributed by atoms with Gasteiger partial charge >= 0.3 is 5.97 Å². The lowest BCUT2D eigenvalue weighted by Gasteiger charge is -2.30. The van der Waals surface area contributed by atoms with E-state index in [1.165, 1.54) is 0 Å². The number of carbonyl (C=O) groups is 1. The number of pyridine rings is 1. The molecule has 5 nitrogen and oxygen atoms in total. The number of halogens is 1. The molecule has 0 N–H and O–H groups in total. The van der Waals surface area contributed by atoms with Gasteiger partial charge in [0.1, 0.15) is 5.69 Å². The Bertz CT molecular complexity index is 699. The second-order valence-corrected chi connectivity index (χ2v) is 5.80. The fourth-order valence-corrected chi connectivity index (χ4v) is 3.25. The van der Waals surface area contributed by atoms with E-state index in [0.29, 0.717) is 12.3 Å². The van der Waals surface area contributed by atoms with Gasteiger partial charge in [0.25, 0.3) is 0 Å². The van der Waals surface area contributed by atoms with Gasteiger partial charge < -0.3 is 14.4 Å². The highest BCUT2D eigenvalue weighted by Gasteiger charge is 2.17. The van der Waals surface area contributed by atoms with Crippen LogP contribution in [0.1, 0.15) is 17.4 Å². The van der Waals surface area contributed by atoms with E-state index in [4.69, 9.17) is 9.47 Å². The van der Waals surface area contributed by atoms with Crippen LogP contribution in [0.5, 0.6) is 0 Å². The maximum Gasteiger partial charge on any atom is 0.356 e. The highest BCUT2D eigenvalue weighted by molar-refractivity contribution is 9.10. The van der Waals surface area contributed by atoms with Gasteiger partial charge in [0, 0.05) is 24.7 Å². The number of morpholine rings is 1. The molecule has 2 heterocycles. The van der Waals surface area contributed by atoms with Crippen LogP contribution in [0.15, 0.2) is 28.9 Å². The van der Waals surface area contributed by atoms with Crippen molar-refractivity contribution < 1.29 is 14.3 Å². The van der Waals surface area contributed by atoms with E-state index in [-0.39, 0.29) is 0 Å². The summed E-state index contributed by atoms with van der Waals surface area (Å²) in [6.45, 7) is 5.36. The first-order valence-electron chi connectivity index (χ1n) is 7.28. The van der Waals surface area contributed by atoms with Crippen molar-refractivity contribution in [2.75, 3.05) is 37.8 Å². The number of hydrogen-bond donors (Lipinski definition) is 0. The molecule has 1 aliphatic rings. The SMILES string of the molecule is CCOC(=O)c1cc2ccc(N3CCOCC3)c(Br)c2cn1. The van der Waals surface area contributed by atoms with Crippen LogP contribution in [0.25, 0.3) is 10.8 Å². The molecule has 0 bridgehead atoms. The fourth-order valence-electron chi connectivity index (χ4n) is 2.54. The van der Waals surface area contributed by atoms with Crippen LogP contribution < -0.4 is 4.90 Å². The van der Waals surface area contributed by atoms with Crippen molar-refractivity contribution in [2.45, 2.75) is 6.92 Å². The molecule has 1 saturated heterocycles. The van der Waals surface area contributed by atoms with Crippen molar-refractivity contribution in [3.63, 3.8) is 0 Å². The molecule has 0 aliphatic carbocycles. The van der Waals surface area contributed by atoms with Crippen molar-refractivity contribution >= 4 is 38.4 Å². The maximum atomic E-state index is 11.8. The Morgan fingerprint density at radius 3 is 2.91 bits per heavy atom. The first-order chi connectivity index (χ1) is 10.7. The van der Waals surface area contributed by atoms with Crippen LogP contribution in [0.4, 0.5) is 5.69 Å². The monoisotopic (exact) mass is 364 g/mol. The van der Waals surface area contributed by atoms with Gasteiger partial charge in [-0.1, -0.05) is 6.07 Å². The van der Waals surface area contributed by atoms with E-state index in [0.717, 1.165) is 47.2 Å². The molecule has 0 saturated carbocycles. The van der Waals surface area contributed by atoms with E-state index in [2.05, 4.69) is 31.9 Å². The number of carbonyl (C=O) groups excluding carboxylic acids is 1. The zero-order valence-corrected chi connectivity index (χ0v) is 13.9. The second-order valence-electron chi connectivity index (χ2n) is 5.01. The third-order valence-corrected chi connectivity index (χ3v) is 4.49. The van der Waals surface area contributed by atoms with Crippen LogP contribution >= 0.6 is 15.9 Å². The van der Waals surface area contributed by atoms with Gasteiger partial charge in [-0.2, -0.15) is 0 Å². The number of hydrogen-bond acceptors (Lipinski definition) is 5. The summed E-state index contributed by atoms with van der Waals surface area (Å²) in [5.74, 6) is -0.391. The summed E-state index contributed by atoms with van der Waals surface area (Å²) in [5.41, 5.74) is 1.46. The Morgan fingerprint density at radius 2 is 2.18 bits per heavy atom. The van der Waals surface area contributed by atoms with E-state index < -0.39 is 5.97 Å². The van der Waals surface area contributed by atoms with Gasteiger partial charge in [0.2, 0.25) is 0 Å². The van der Waals surface area contributed by atoms with E-state index in [9.17, 15) is 4.79 Å². The van der Waals surface area contributed by atoms with Gasteiger partial charge in [0.05, 0.1) is 30.0 Å². The fraction of sp³-hybridized carbons (Fsp3) is 0.375. The second kappa shape index (κ2) is 6.62. The number of benzene rings is 1. The number of ether oxygens (including phenoxy) is 2. The molecule has 3 rings (SSSR count). The average molecular weight is 365 g/mol. The Morgan fingerprint density at radius 1 is 1.41 bits per heavy atom. The van der Waals surface area contributed by atoms with Crippen LogP contribution in [0, 0.1) is 0 Å². The Balaban J connectivity index is 1.97. The maximum absolute atomic E-state index is 11.8. The number of fused-ring (bicyclic) bond motifs is 1. The van der Waals surface area contributed by atoms with Gasteiger partial charge in [-0.05, 0) is 40.4 Å². The minimum atomic E-state index is -0.391. The summed E-state index contributed by atoms with van der Waals surface area (Å²) in [4.78, 5) is 18.3. The number of nitrogens with zero attached hydrogens (tertiary/aromatic N) is 2. The Hall–Kier alpha value is -1.66. The summed E-state index contributed by atoms with van der Waals surface area (Å²) in [7, 11) is 0.